The second kappa shape index (κ2) is 10.1. The molecule has 1 atom stereocenters. The highest BCUT2D eigenvalue weighted by atomic mass is 19.4. The molecular formula is C27H28F3N5O3. The van der Waals surface area contributed by atoms with Crippen LogP contribution in [0.1, 0.15) is 54.9 Å². The standard InChI is InChI=1S/C27H28F3N5O3/c1-16(14-27(28,29)30)23(37)21-6-7-22-24(33-21)35(26(3)9-11-34(22)15-26)25(38)20(31)13-19-12-18(8-10-32-19)5-4-17(2)36/h6-8,10,12,31H,1,4-5,9,11,13-15H2,2-3H3/t26-/m1/s1. The number of ketones is 2. The molecule has 0 aromatic carbocycles. The van der Waals surface area contributed by atoms with Gasteiger partial charge in [0.1, 0.15) is 17.2 Å². The summed E-state index contributed by atoms with van der Waals surface area (Å²) in [5.74, 6) is -1.37. The van der Waals surface area contributed by atoms with Crippen LogP contribution in [0.2, 0.25) is 0 Å². The van der Waals surface area contributed by atoms with Crippen molar-refractivity contribution in [1.29, 1.82) is 5.41 Å². The van der Waals surface area contributed by atoms with Crippen LogP contribution in [0, 0.1) is 5.41 Å². The first kappa shape index (κ1) is 27.2. The highest BCUT2D eigenvalue weighted by Gasteiger charge is 2.49. The Labute approximate surface area is 218 Å². The minimum atomic E-state index is -4.59. The third-order valence-electron chi connectivity index (χ3n) is 6.83. The van der Waals surface area contributed by atoms with Crippen LogP contribution in [0.5, 0.6) is 0 Å². The zero-order valence-electron chi connectivity index (χ0n) is 21.2. The Morgan fingerprint density at radius 1 is 1.21 bits per heavy atom. The summed E-state index contributed by atoms with van der Waals surface area (Å²) in [6, 6.07) is 6.46. The van der Waals surface area contributed by atoms with Gasteiger partial charge >= 0.3 is 6.18 Å². The number of hydrogen-bond acceptors (Lipinski definition) is 7. The molecule has 2 bridgehead atoms. The molecule has 8 nitrogen and oxygen atoms in total. The predicted octanol–water partition coefficient (Wildman–Crippen LogP) is 4.27. The van der Waals surface area contributed by atoms with Gasteiger partial charge in [-0.05, 0) is 56.5 Å². The normalized spacial score (nSPS) is 18.2. The van der Waals surface area contributed by atoms with Gasteiger partial charge in [0.05, 0.1) is 17.6 Å². The van der Waals surface area contributed by atoms with Crippen molar-refractivity contribution in [3.8, 4) is 0 Å². The number of allylic oxidation sites excluding steroid dienone is 1. The van der Waals surface area contributed by atoms with Crippen molar-refractivity contribution in [2.24, 2.45) is 0 Å². The molecule has 1 N–H and O–H groups in total. The van der Waals surface area contributed by atoms with E-state index >= 15 is 0 Å². The quantitative estimate of drug-likeness (QED) is 0.297. The maximum Gasteiger partial charge on any atom is 0.393 e. The van der Waals surface area contributed by atoms with Gasteiger partial charge in [0, 0.05) is 43.4 Å². The van der Waals surface area contributed by atoms with Crippen molar-refractivity contribution in [1.82, 2.24) is 9.97 Å². The van der Waals surface area contributed by atoms with E-state index < -0.39 is 35.4 Å². The third kappa shape index (κ3) is 5.66. The number of amides is 1. The molecule has 200 valence electrons. The number of halogens is 3. The van der Waals surface area contributed by atoms with Gasteiger partial charge in [-0.1, -0.05) is 6.58 Å². The largest absolute Gasteiger partial charge is 0.393 e. The van der Waals surface area contributed by atoms with Gasteiger partial charge in [-0.25, -0.2) is 4.98 Å². The van der Waals surface area contributed by atoms with E-state index in [1.807, 2.05) is 11.8 Å². The van der Waals surface area contributed by atoms with Gasteiger partial charge in [-0.3, -0.25) is 24.9 Å². The molecule has 0 aliphatic carbocycles. The first-order chi connectivity index (χ1) is 17.8. The molecule has 0 unspecified atom stereocenters. The number of fused-ring (bicyclic) bond motifs is 4. The van der Waals surface area contributed by atoms with E-state index in [1.54, 1.807) is 24.4 Å². The molecule has 1 amide bonds. The highest BCUT2D eigenvalue weighted by Crippen LogP contribution is 2.44. The number of aromatic nitrogens is 2. The minimum Gasteiger partial charge on any atom is -0.366 e. The number of alkyl halides is 3. The maximum absolute atomic E-state index is 13.7. The van der Waals surface area contributed by atoms with Crippen LogP contribution in [-0.2, 0) is 22.4 Å². The fourth-order valence-corrected chi connectivity index (χ4v) is 4.90. The number of carbonyl (C=O) groups excluding carboxylic acids is 3. The van der Waals surface area contributed by atoms with Crippen molar-refractivity contribution in [2.75, 3.05) is 22.9 Å². The Bertz CT molecular complexity index is 1340. The van der Waals surface area contributed by atoms with Gasteiger partial charge in [-0.2, -0.15) is 13.2 Å². The topological polar surface area (TPSA) is 107 Å². The molecule has 2 aromatic rings. The van der Waals surface area contributed by atoms with Crippen LogP contribution < -0.4 is 9.80 Å². The summed E-state index contributed by atoms with van der Waals surface area (Å²) in [6.45, 7) is 7.77. The number of nitrogens with zero attached hydrogens (tertiary/aromatic N) is 4. The van der Waals surface area contributed by atoms with Gasteiger partial charge < -0.3 is 9.69 Å². The lowest BCUT2D eigenvalue weighted by atomic mass is 9.95. The molecule has 0 saturated carbocycles. The lowest BCUT2D eigenvalue weighted by Crippen LogP contribution is -2.57. The molecular weight excluding hydrogens is 499 g/mol. The van der Waals surface area contributed by atoms with Crippen LogP contribution in [0.25, 0.3) is 0 Å². The second-order valence-electron chi connectivity index (χ2n) is 10.1. The summed E-state index contributed by atoms with van der Waals surface area (Å²) in [4.78, 5) is 49.7. The Morgan fingerprint density at radius 3 is 2.63 bits per heavy atom. The molecule has 1 fully saturated rings. The van der Waals surface area contributed by atoms with E-state index in [4.69, 9.17) is 5.41 Å². The van der Waals surface area contributed by atoms with Crippen LogP contribution in [0.15, 0.2) is 42.6 Å². The Morgan fingerprint density at radius 2 is 1.95 bits per heavy atom. The van der Waals surface area contributed by atoms with E-state index in [0.29, 0.717) is 43.7 Å². The van der Waals surface area contributed by atoms with Crippen molar-refractivity contribution in [2.45, 2.75) is 57.7 Å². The lowest BCUT2D eigenvalue weighted by molar-refractivity contribution is -0.126. The van der Waals surface area contributed by atoms with E-state index in [0.717, 1.165) is 5.56 Å². The third-order valence-corrected chi connectivity index (χ3v) is 6.83. The van der Waals surface area contributed by atoms with Gasteiger partial charge in [0.25, 0.3) is 5.91 Å². The number of rotatable bonds is 9. The van der Waals surface area contributed by atoms with E-state index in [1.165, 1.54) is 17.9 Å². The SMILES string of the molecule is C=C(CC(F)(F)F)C(=O)c1ccc2c(n1)N(C(=O)C(=N)Cc1cc(CCC(C)=O)ccn1)[C@]1(C)CCN2C1. The first-order valence-corrected chi connectivity index (χ1v) is 12.2. The Hall–Kier alpha value is -3.89. The van der Waals surface area contributed by atoms with Crippen LogP contribution >= 0.6 is 0 Å². The molecule has 2 aliphatic heterocycles. The van der Waals surface area contributed by atoms with Crippen LogP contribution in [-0.4, -0.2) is 58.0 Å². The number of nitrogens with one attached hydrogen (secondary N) is 1. The summed E-state index contributed by atoms with van der Waals surface area (Å²) < 4.78 is 38.5. The predicted molar refractivity (Wildman–Crippen MR) is 136 cm³/mol. The summed E-state index contributed by atoms with van der Waals surface area (Å²) in [6.07, 6.45) is -3.04. The molecule has 4 heterocycles. The minimum absolute atomic E-state index is 0.0562. The molecule has 2 aliphatic rings. The molecule has 38 heavy (non-hydrogen) atoms. The summed E-state index contributed by atoms with van der Waals surface area (Å²) in [7, 11) is 0. The number of pyridine rings is 2. The molecule has 1 saturated heterocycles. The Kier molecular flexibility index (Phi) is 7.22. The molecule has 4 rings (SSSR count). The highest BCUT2D eigenvalue weighted by molar-refractivity contribution is 6.43. The summed E-state index contributed by atoms with van der Waals surface area (Å²) in [5, 5.41) is 8.59. The van der Waals surface area contributed by atoms with E-state index in [-0.39, 0.29) is 29.4 Å². The van der Waals surface area contributed by atoms with Crippen molar-refractivity contribution in [3.63, 3.8) is 0 Å². The van der Waals surface area contributed by atoms with Gasteiger partial charge in [0.2, 0.25) is 5.78 Å². The van der Waals surface area contributed by atoms with Crippen molar-refractivity contribution in [3.05, 3.63) is 59.6 Å². The zero-order valence-corrected chi connectivity index (χ0v) is 21.2. The number of carbonyl (C=O) groups is 3. The number of anilines is 2. The molecule has 0 radical (unpaired) electrons. The van der Waals surface area contributed by atoms with Crippen molar-refractivity contribution >= 4 is 34.7 Å². The smallest absolute Gasteiger partial charge is 0.366 e. The molecule has 11 heteroatoms. The van der Waals surface area contributed by atoms with Crippen LogP contribution in [0.3, 0.4) is 0 Å². The fraction of sp³-hybridized carbons (Fsp3) is 0.407. The first-order valence-electron chi connectivity index (χ1n) is 12.2. The van der Waals surface area contributed by atoms with Crippen LogP contribution in [0.4, 0.5) is 24.7 Å². The fourth-order valence-electron chi connectivity index (χ4n) is 4.90. The average Bonchev–Trinajstić information content (AvgIpc) is 3.18. The van der Waals surface area contributed by atoms with E-state index in [9.17, 15) is 27.6 Å². The summed E-state index contributed by atoms with van der Waals surface area (Å²) >= 11 is 0. The monoisotopic (exact) mass is 527 g/mol. The van der Waals surface area contributed by atoms with E-state index in [2.05, 4.69) is 16.5 Å². The summed E-state index contributed by atoms with van der Waals surface area (Å²) in [5.41, 5.74) is 0.100. The maximum atomic E-state index is 13.7. The number of aryl methyl sites for hydroxylation is 1. The zero-order chi connectivity index (χ0) is 27.8. The van der Waals surface area contributed by atoms with Crippen molar-refractivity contribution < 1.29 is 27.6 Å². The van der Waals surface area contributed by atoms with Gasteiger partial charge in [-0.15, -0.1) is 0 Å². The molecule has 0 spiro atoms. The second-order valence-corrected chi connectivity index (χ2v) is 10.1. The van der Waals surface area contributed by atoms with Gasteiger partial charge in [0.15, 0.2) is 5.82 Å². The number of hydrogen-bond donors (Lipinski definition) is 1. The molecule has 2 aromatic heterocycles. The number of Topliss-reactive ketones (excluding diaryl/α,β-unsaturated/α-hetero) is 2. The lowest BCUT2D eigenvalue weighted by Gasteiger charge is -2.43. The Balaban J connectivity index is 1.62. The average molecular weight is 528 g/mol.